The Kier molecular flexibility index (Phi) is 38.0. The van der Waals surface area contributed by atoms with Crippen LogP contribution in [0.2, 0.25) is 0 Å². The average molecular weight is 980 g/mol. The highest BCUT2D eigenvalue weighted by atomic mass is 32.3. The molecule has 3 nitrogen and oxygen atoms in total. The van der Waals surface area contributed by atoms with Crippen molar-refractivity contribution in [1.29, 1.82) is 0 Å². The van der Waals surface area contributed by atoms with Gasteiger partial charge >= 0.3 is 0 Å². The minimum Gasteiger partial charge on any atom is -0.324 e. The van der Waals surface area contributed by atoms with E-state index in [-0.39, 0.29) is 34.6 Å². The van der Waals surface area contributed by atoms with E-state index in [9.17, 15) is 0 Å². The fourth-order valence-corrected chi connectivity index (χ4v) is 19.2. The van der Waals surface area contributed by atoms with Crippen LogP contribution in [0.1, 0.15) is 157 Å². The van der Waals surface area contributed by atoms with Crippen LogP contribution >= 0.6 is 146 Å². The average Bonchev–Trinajstić information content (AvgIpc) is 3.16. The zero-order valence-corrected chi connectivity index (χ0v) is 44.4. The highest BCUT2D eigenvalue weighted by molar-refractivity contribution is 8.33. The molecule has 0 spiro atoms. The van der Waals surface area contributed by atoms with Crippen LogP contribution in [0.15, 0.2) is 0 Å². The standard InChI is InChI=1S/C21H42S6.C15H30O3S3.C3H6S3/c1-4-7-10-16(22)13-19-25-20(14-17(23)11-8-5-2)27-21(26-19)15-18(24)12-9-6-3;1-4-10(19)7-13-16-14(8-11(20)5-2)18-15(17-13)9-12(21)6-3;1-4-2-6-3-5-1/h16-24H,4-15H2,1-3H3;10-15,19-21H,4-9H2,1-3H3;1-3H2. The number of ether oxygens (including phenoxy) is 3. The van der Waals surface area contributed by atoms with E-state index < -0.39 is 0 Å². The lowest BCUT2D eigenvalue weighted by molar-refractivity contribution is -0.385. The van der Waals surface area contributed by atoms with E-state index in [0.717, 1.165) is 38.5 Å². The minimum atomic E-state index is -0.244. The van der Waals surface area contributed by atoms with E-state index in [1.54, 1.807) is 0 Å². The summed E-state index contributed by atoms with van der Waals surface area (Å²) in [5.74, 6) is 0. The summed E-state index contributed by atoms with van der Waals surface area (Å²) in [6, 6.07) is 0. The first-order chi connectivity index (χ1) is 26.0. The third-order valence-electron chi connectivity index (χ3n) is 9.19. The molecule has 6 atom stereocenters. The monoisotopic (exact) mass is 978 g/mol. The van der Waals surface area contributed by atoms with Gasteiger partial charge in [0.2, 0.25) is 0 Å². The minimum absolute atomic E-state index is 0.244. The van der Waals surface area contributed by atoms with Crippen LogP contribution in [-0.4, -0.2) is 79.4 Å². The van der Waals surface area contributed by atoms with Crippen molar-refractivity contribution in [1.82, 2.24) is 0 Å². The van der Waals surface area contributed by atoms with Crippen LogP contribution in [0.25, 0.3) is 0 Å². The first-order valence-corrected chi connectivity index (χ1v) is 30.1. The molecule has 0 amide bonds. The summed E-state index contributed by atoms with van der Waals surface area (Å²) in [6.07, 6.45) is 19.9. The highest BCUT2D eigenvalue weighted by Gasteiger charge is 2.34. The third kappa shape index (κ3) is 29.4. The molecule has 324 valence electrons. The van der Waals surface area contributed by atoms with Crippen molar-refractivity contribution in [2.75, 3.05) is 15.3 Å². The molecule has 3 saturated heterocycles. The SMILES string of the molecule is C1SCSCS1.CCC(S)CC1OC(CC(S)CC)OC(CC(S)CC)O1.CCCCC(S)CC1SC(CC(S)CCCC)SC(CC(S)CCCC)S1. The topological polar surface area (TPSA) is 27.7 Å². The molecule has 54 heavy (non-hydrogen) atoms. The van der Waals surface area contributed by atoms with Crippen LogP contribution in [-0.2, 0) is 14.2 Å². The predicted octanol–water partition coefficient (Wildman–Crippen LogP) is 15.2. The lowest BCUT2D eigenvalue weighted by Gasteiger charge is -2.38. The maximum Gasteiger partial charge on any atom is 0.164 e. The molecule has 3 rings (SSSR count). The van der Waals surface area contributed by atoms with Crippen molar-refractivity contribution in [3.63, 3.8) is 0 Å². The number of thiol groups is 6. The third-order valence-corrected chi connectivity index (χ3v) is 21.3. The van der Waals surface area contributed by atoms with Gasteiger partial charge in [-0.25, -0.2) is 0 Å². The molecule has 0 saturated carbocycles. The van der Waals surface area contributed by atoms with Gasteiger partial charge in [0.15, 0.2) is 18.9 Å². The van der Waals surface area contributed by atoms with Crippen LogP contribution < -0.4 is 0 Å². The summed E-state index contributed by atoms with van der Waals surface area (Å²) in [5, 5.41) is 6.45. The lowest BCUT2D eigenvalue weighted by Crippen LogP contribution is -2.43. The lowest BCUT2D eigenvalue weighted by atomic mass is 10.1. The van der Waals surface area contributed by atoms with Gasteiger partial charge in [0, 0.05) is 66.0 Å². The molecule has 0 aromatic carbocycles. The van der Waals surface area contributed by atoms with Gasteiger partial charge in [-0.2, -0.15) is 75.8 Å². The Balaban J connectivity index is 0.000000476. The van der Waals surface area contributed by atoms with Gasteiger partial charge in [-0.1, -0.05) is 80.1 Å². The Bertz CT molecular complexity index is 732. The predicted molar refractivity (Wildman–Crippen MR) is 280 cm³/mol. The molecule has 0 bridgehead atoms. The molecule has 3 heterocycles. The van der Waals surface area contributed by atoms with Crippen LogP contribution in [0.4, 0.5) is 0 Å². The van der Waals surface area contributed by atoms with Crippen molar-refractivity contribution >= 4 is 146 Å². The molecule has 0 aliphatic carbocycles. The van der Waals surface area contributed by atoms with Crippen molar-refractivity contribution in [3.8, 4) is 0 Å². The van der Waals surface area contributed by atoms with Crippen molar-refractivity contribution in [3.05, 3.63) is 0 Å². The fraction of sp³-hybridized carbons (Fsp3) is 1.00. The summed E-state index contributed by atoms with van der Waals surface area (Å²) in [4.78, 5) is 0. The molecule has 0 aromatic heterocycles. The maximum atomic E-state index is 5.91. The summed E-state index contributed by atoms with van der Waals surface area (Å²) in [5.41, 5.74) is 0. The normalized spacial score (nSPS) is 28.0. The molecule has 0 N–H and O–H groups in total. The molecular weight excluding hydrogens is 901 g/mol. The number of rotatable bonds is 24. The smallest absolute Gasteiger partial charge is 0.164 e. The van der Waals surface area contributed by atoms with Gasteiger partial charge < -0.3 is 14.2 Å². The van der Waals surface area contributed by atoms with Crippen molar-refractivity contribution in [2.45, 2.75) is 221 Å². The van der Waals surface area contributed by atoms with Gasteiger partial charge in [-0.15, -0.1) is 70.6 Å². The Morgan fingerprint density at radius 2 is 0.667 bits per heavy atom. The Morgan fingerprint density at radius 1 is 0.407 bits per heavy atom. The summed E-state index contributed by atoms with van der Waals surface area (Å²) >= 11 is 41.0. The van der Waals surface area contributed by atoms with Crippen LogP contribution in [0.5, 0.6) is 0 Å². The van der Waals surface area contributed by atoms with Gasteiger partial charge in [0.1, 0.15) is 0 Å². The molecule has 0 aromatic rings. The summed E-state index contributed by atoms with van der Waals surface area (Å²) < 4.78 is 19.8. The molecular formula is C39H78O3S12. The van der Waals surface area contributed by atoms with E-state index in [0.29, 0.717) is 29.5 Å². The quantitative estimate of drug-likeness (QED) is 0.0529. The molecule has 15 heteroatoms. The second-order valence-corrected chi connectivity index (χ2v) is 27.9. The molecule has 3 aliphatic heterocycles. The first kappa shape index (κ1) is 56.1. The van der Waals surface area contributed by atoms with Crippen molar-refractivity contribution < 1.29 is 14.2 Å². The number of hydrogen-bond acceptors (Lipinski definition) is 15. The van der Waals surface area contributed by atoms with Crippen LogP contribution in [0.3, 0.4) is 0 Å². The Morgan fingerprint density at radius 3 is 0.870 bits per heavy atom. The van der Waals surface area contributed by atoms with Gasteiger partial charge in [0.25, 0.3) is 0 Å². The molecule has 3 fully saturated rings. The zero-order chi connectivity index (χ0) is 40.1. The Hall–Kier alpha value is 4.08. The second-order valence-electron chi connectivity index (χ2n) is 14.3. The summed E-state index contributed by atoms with van der Waals surface area (Å²) in [6.45, 7) is 13.2. The number of hydrogen-bond donors (Lipinski definition) is 6. The summed E-state index contributed by atoms with van der Waals surface area (Å²) in [7, 11) is 0. The molecule has 6 unspecified atom stereocenters. The van der Waals surface area contributed by atoms with E-state index >= 15 is 0 Å². The van der Waals surface area contributed by atoms with Crippen LogP contribution in [0, 0.1) is 0 Å². The highest BCUT2D eigenvalue weighted by Crippen LogP contribution is 2.52. The Labute approximate surface area is 393 Å². The second kappa shape index (κ2) is 36.6. The number of thioether (sulfide) groups is 6. The van der Waals surface area contributed by atoms with E-state index in [1.807, 2.05) is 35.3 Å². The molecule has 3 aliphatic rings. The van der Waals surface area contributed by atoms with Gasteiger partial charge in [-0.3, -0.25) is 0 Å². The van der Waals surface area contributed by atoms with Gasteiger partial charge in [0.05, 0.1) is 13.7 Å². The first-order valence-electron chi connectivity index (χ1n) is 20.7. The van der Waals surface area contributed by atoms with Gasteiger partial charge in [-0.05, 0) is 57.8 Å². The zero-order valence-electron chi connectivity index (χ0n) is 34.1. The van der Waals surface area contributed by atoms with Crippen molar-refractivity contribution in [2.24, 2.45) is 0 Å². The number of unbranched alkanes of at least 4 members (excludes halogenated alkanes) is 3. The molecule has 0 radical (unpaired) electrons. The van der Waals surface area contributed by atoms with E-state index in [1.165, 1.54) is 92.3 Å². The van der Waals surface area contributed by atoms with E-state index in [4.69, 9.17) is 52.1 Å². The fourth-order valence-electron chi connectivity index (χ4n) is 5.66. The largest absolute Gasteiger partial charge is 0.324 e. The van der Waals surface area contributed by atoms with E-state index in [2.05, 4.69) is 115 Å². The maximum absolute atomic E-state index is 5.91.